The van der Waals surface area contributed by atoms with E-state index in [0.717, 1.165) is 31.1 Å². The topological polar surface area (TPSA) is 15.3 Å². The number of rotatable bonds is 5. The average Bonchev–Trinajstić information content (AvgIpc) is 2.43. The van der Waals surface area contributed by atoms with Crippen molar-refractivity contribution >= 4 is 17.3 Å². The molecular weight excluding hydrogens is 280 g/mol. The van der Waals surface area contributed by atoms with Crippen molar-refractivity contribution in [2.24, 2.45) is 5.41 Å². The van der Waals surface area contributed by atoms with Crippen LogP contribution in [0.1, 0.15) is 58.6 Å². The Hall–Kier alpha value is -0.730. The van der Waals surface area contributed by atoms with Crippen molar-refractivity contribution in [3.05, 3.63) is 28.8 Å². The molecule has 0 spiro atoms. The highest BCUT2D eigenvalue weighted by Crippen LogP contribution is 2.35. The van der Waals surface area contributed by atoms with Crippen LogP contribution in [-0.4, -0.2) is 19.6 Å². The largest absolute Gasteiger partial charge is 0.370 e. The Bertz CT molecular complexity index is 470. The third kappa shape index (κ3) is 4.37. The van der Waals surface area contributed by atoms with E-state index in [9.17, 15) is 0 Å². The summed E-state index contributed by atoms with van der Waals surface area (Å²) in [6.45, 7) is 12.3. The van der Waals surface area contributed by atoms with Gasteiger partial charge in [-0.25, -0.2) is 0 Å². The molecule has 118 valence electrons. The van der Waals surface area contributed by atoms with Crippen LogP contribution in [0.25, 0.3) is 0 Å². The second kappa shape index (κ2) is 7.02. The molecule has 0 bridgehead atoms. The van der Waals surface area contributed by atoms with E-state index in [0.29, 0.717) is 11.5 Å². The first-order valence-electron chi connectivity index (χ1n) is 8.21. The van der Waals surface area contributed by atoms with Crippen LogP contribution in [0.3, 0.4) is 0 Å². The van der Waals surface area contributed by atoms with Crippen LogP contribution >= 0.6 is 11.6 Å². The third-order valence-electron chi connectivity index (χ3n) is 4.41. The van der Waals surface area contributed by atoms with Gasteiger partial charge in [0, 0.05) is 19.1 Å². The zero-order valence-corrected chi connectivity index (χ0v) is 14.6. The first kappa shape index (κ1) is 16.6. The summed E-state index contributed by atoms with van der Waals surface area (Å²) in [6.07, 6.45) is 3.70. The Balaban J connectivity index is 2.12. The third-order valence-corrected chi connectivity index (χ3v) is 4.72. The lowest BCUT2D eigenvalue weighted by atomic mass is 9.84. The zero-order valence-electron chi connectivity index (χ0n) is 13.9. The van der Waals surface area contributed by atoms with Crippen LogP contribution in [-0.2, 0) is 0 Å². The molecule has 3 heteroatoms. The standard InChI is InChI=1S/C18H29ClN2/c1-5-10-20-14(2)15-7-8-17(16(19)12-15)21-11-6-9-18(3,4)13-21/h7-8,12,14,20H,5-6,9-11,13H2,1-4H3. The zero-order chi connectivity index (χ0) is 15.5. The van der Waals surface area contributed by atoms with Crippen LogP contribution < -0.4 is 10.2 Å². The van der Waals surface area contributed by atoms with E-state index >= 15 is 0 Å². The Morgan fingerprint density at radius 2 is 2.14 bits per heavy atom. The lowest BCUT2D eigenvalue weighted by molar-refractivity contribution is 0.293. The minimum absolute atomic E-state index is 0.356. The summed E-state index contributed by atoms with van der Waals surface area (Å²) in [6, 6.07) is 6.90. The molecule has 1 aromatic rings. The van der Waals surface area contributed by atoms with Crippen molar-refractivity contribution in [1.82, 2.24) is 5.32 Å². The molecule has 1 unspecified atom stereocenters. The molecule has 1 N–H and O–H groups in total. The summed E-state index contributed by atoms with van der Waals surface area (Å²) in [4.78, 5) is 2.44. The van der Waals surface area contributed by atoms with E-state index in [1.807, 2.05) is 0 Å². The van der Waals surface area contributed by atoms with Gasteiger partial charge in [-0.3, -0.25) is 0 Å². The highest BCUT2D eigenvalue weighted by molar-refractivity contribution is 6.33. The number of hydrogen-bond donors (Lipinski definition) is 1. The fourth-order valence-corrected chi connectivity index (χ4v) is 3.47. The Morgan fingerprint density at radius 3 is 2.76 bits per heavy atom. The van der Waals surface area contributed by atoms with Crippen molar-refractivity contribution in [2.45, 2.75) is 53.0 Å². The van der Waals surface area contributed by atoms with Gasteiger partial charge in [0.05, 0.1) is 10.7 Å². The lowest BCUT2D eigenvalue weighted by Gasteiger charge is -2.40. The average molecular weight is 309 g/mol. The normalized spacial score (nSPS) is 19.6. The Labute approximate surface area is 134 Å². The van der Waals surface area contributed by atoms with Crippen molar-refractivity contribution in [2.75, 3.05) is 24.5 Å². The molecule has 1 aromatic carbocycles. The molecule has 1 atom stereocenters. The molecule has 0 saturated carbocycles. The number of hydrogen-bond acceptors (Lipinski definition) is 2. The van der Waals surface area contributed by atoms with Crippen LogP contribution in [0.15, 0.2) is 18.2 Å². The van der Waals surface area contributed by atoms with Crippen molar-refractivity contribution in [3.8, 4) is 0 Å². The number of nitrogens with zero attached hydrogens (tertiary/aromatic N) is 1. The summed E-state index contributed by atoms with van der Waals surface area (Å²) in [7, 11) is 0. The van der Waals surface area contributed by atoms with E-state index in [-0.39, 0.29) is 0 Å². The first-order valence-corrected chi connectivity index (χ1v) is 8.58. The van der Waals surface area contributed by atoms with Crippen molar-refractivity contribution < 1.29 is 0 Å². The van der Waals surface area contributed by atoms with Crippen molar-refractivity contribution in [3.63, 3.8) is 0 Å². The second-order valence-electron chi connectivity index (χ2n) is 7.08. The SMILES string of the molecule is CCCNC(C)c1ccc(N2CCCC(C)(C)C2)c(Cl)c1. The van der Waals surface area contributed by atoms with E-state index < -0.39 is 0 Å². The highest BCUT2D eigenvalue weighted by atomic mass is 35.5. The molecule has 1 saturated heterocycles. The van der Waals surface area contributed by atoms with Gasteiger partial charge in [-0.15, -0.1) is 0 Å². The molecule has 0 radical (unpaired) electrons. The van der Waals surface area contributed by atoms with Gasteiger partial charge in [0.2, 0.25) is 0 Å². The molecule has 0 aromatic heterocycles. The monoisotopic (exact) mass is 308 g/mol. The van der Waals surface area contributed by atoms with Crippen LogP contribution in [0, 0.1) is 5.41 Å². The van der Waals surface area contributed by atoms with Gasteiger partial charge in [-0.1, -0.05) is 38.4 Å². The van der Waals surface area contributed by atoms with E-state index in [2.05, 4.69) is 56.1 Å². The van der Waals surface area contributed by atoms with Gasteiger partial charge in [0.15, 0.2) is 0 Å². The van der Waals surface area contributed by atoms with Gasteiger partial charge in [0.1, 0.15) is 0 Å². The second-order valence-corrected chi connectivity index (χ2v) is 7.48. The lowest BCUT2D eigenvalue weighted by Crippen LogP contribution is -2.40. The van der Waals surface area contributed by atoms with Gasteiger partial charge in [0.25, 0.3) is 0 Å². The summed E-state index contributed by atoms with van der Waals surface area (Å²) in [5.41, 5.74) is 2.85. The molecule has 0 aliphatic carbocycles. The molecule has 2 rings (SSSR count). The molecule has 1 fully saturated rings. The maximum Gasteiger partial charge on any atom is 0.0642 e. The van der Waals surface area contributed by atoms with Gasteiger partial charge in [-0.05, 0) is 55.8 Å². The summed E-state index contributed by atoms with van der Waals surface area (Å²) < 4.78 is 0. The Kier molecular flexibility index (Phi) is 5.56. The maximum absolute atomic E-state index is 6.56. The maximum atomic E-state index is 6.56. The quantitative estimate of drug-likeness (QED) is 0.821. The molecule has 2 nitrogen and oxygen atoms in total. The number of anilines is 1. The van der Waals surface area contributed by atoms with E-state index in [1.54, 1.807) is 0 Å². The highest BCUT2D eigenvalue weighted by Gasteiger charge is 2.27. The van der Waals surface area contributed by atoms with Crippen LogP contribution in [0.2, 0.25) is 5.02 Å². The fourth-order valence-electron chi connectivity index (χ4n) is 3.16. The molecule has 1 aliphatic rings. The fraction of sp³-hybridized carbons (Fsp3) is 0.667. The molecule has 0 amide bonds. The smallest absolute Gasteiger partial charge is 0.0642 e. The van der Waals surface area contributed by atoms with Gasteiger partial charge in [-0.2, -0.15) is 0 Å². The summed E-state index contributed by atoms with van der Waals surface area (Å²) in [5, 5.41) is 4.40. The predicted octanol–water partition coefficient (Wildman–Crippen LogP) is 5.03. The number of nitrogens with one attached hydrogen (secondary N) is 1. The molecule has 1 heterocycles. The van der Waals surface area contributed by atoms with E-state index in [1.165, 1.54) is 24.1 Å². The summed E-state index contributed by atoms with van der Waals surface area (Å²) in [5.74, 6) is 0. The van der Waals surface area contributed by atoms with Gasteiger partial charge < -0.3 is 10.2 Å². The predicted molar refractivity (Wildman–Crippen MR) is 93.4 cm³/mol. The molecular formula is C18H29ClN2. The van der Waals surface area contributed by atoms with E-state index in [4.69, 9.17) is 11.6 Å². The van der Waals surface area contributed by atoms with Crippen LogP contribution in [0.5, 0.6) is 0 Å². The number of benzene rings is 1. The summed E-state index contributed by atoms with van der Waals surface area (Å²) >= 11 is 6.56. The van der Waals surface area contributed by atoms with Gasteiger partial charge >= 0.3 is 0 Å². The minimum atomic E-state index is 0.356. The Morgan fingerprint density at radius 1 is 1.38 bits per heavy atom. The number of halogens is 1. The molecule has 1 aliphatic heterocycles. The van der Waals surface area contributed by atoms with Crippen LogP contribution in [0.4, 0.5) is 5.69 Å². The number of piperidine rings is 1. The van der Waals surface area contributed by atoms with Crippen molar-refractivity contribution in [1.29, 1.82) is 0 Å². The molecule has 21 heavy (non-hydrogen) atoms. The minimum Gasteiger partial charge on any atom is -0.370 e. The first-order chi connectivity index (χ1) is 9.93.